The van der Waals surface area contributed by atoms with Gasteiger partial charge in [0.25, 0.3) is 0 Å². The minimum absolute atomic E-state index is 0. The molecule has 3 nitrogen and oxygen atoms in total. The summed E-state index contributed by atoms with van der Waals surface area (Å²) < 4.78 is 0. The molecular weight excluding hydrogens is 328 g/mol. The van der Waals surface area contributed by atoms with Crippen LogP contribution >= 0.6 is 24.2 Å². The molecule has 0 bridgehead atoms. The van der Waals surface area contributed by atoms with Crippen molar-refractivity contribution in [3.63, 3.8) is 0 Å². The molecule has 1 amide bonds. The molecule has 1 atom stereocenters. The maximum atomic E-state index is 11.8. The molecule has 0 aliphatic carbocycles. The number of nitrogens with two attached hydrogens (primary N) is 1. The van der Waals surface area contributed by atoms with Gasteiger partial charge in [-0.2, -0.15) is 0 Å². The van der Waals surface area contributed by atoms with Gasteiger partial charge in [0.2, 0.25) is 5.91 Å². The first-order valence-corrected chi connectivity index (χ1v) is 8.23. The third-order valence-corrected chi connectivity index (χ3v) is 4.41. The summed E-state index contributed by atoms with van der Waals surface area (Å²) in [5, 5.41) is 2.88. The van der Waals surface area contributed by atoms with Crippen molar-refractivity contribution < 1.29 is 4.79 Å². The van der Waals surface area contributed by atoms with Crippen molar-refractivity contribution in [3.05, 3.63) is 60.2 Å². The Morgan fingerprint density at radius 1 is 1.04 bits per heavy atom. The minimum atomic E-state index is -0.451. The lowest BCUT2D eigenvalue weighted by molar-refractivity contribution is -0.123. The lowest BCUT2D eigenvalue weighted by Gasteiger charge is -2.15. The highest BCUT2D eigenvalue weighted by Gasteiger charge is 2.16. The summed E-state index contributed by atoms with van der Waals surface area (Å²) >= 11 is 1.72. The fraction of sp³-hybridized carbons (Fsp3) is 0.278. The summed E-state index contributed by atoms with van der Waals surface area (Å²) in [6.45, 7) is 4.40. The van der Waals surface area contributed by atoms with Gasteiger partial charge < -0.3 is 11.1 Å². The van der Waals surface area contributed by atoms with Crippen LogP contribution in [0.4, 0.5) is 0 Å². The van der Waals surface area contributed by atoms with E-state index in [1.54, 1.807) is 11.8 Å². The molecule has 0 fully saturated rings. The second-order valence-electron chi connectivity index (χ2n) is 5.55. The van der Waals surface area contributed by atoms with Gasteiger partial charge in [-0.1, -0.05) is 55.9 Å². The second kappa shape index (κ2) is 9.60. The van der Waals surface area contributed by atoms with Crippen LogP contribution in [-0.4, -0.2) is 11.9 Å². The predicted molar refractivity (Wildman–Crippen MR) is 98.9 cm³/mol. The summed E-state index contributed by atoms with van der Waals surface area (Å²) in [4.78, 5) is 14.2. The zero-order chi connectivity index (χ0) is 15.9. The lowest BCUT2D eigenvalue weighted by atomic mass is 10.0. The van der Waals surface area contributed by atoms with E-state index in [1.807, 2.05) is 44.2 Å². The molecular formula is C18H23ClN2OS. The first-order valence-electron chi connectivity index (χ1n) is 7.41. The van der Waals surface area contributed by atoms with Gasteiger partial charge >= 0.3 is 0 Å². The van der Waals surface area contributed by atoms with E-state index in [4.69, 9.17) is 5.73 Å². The van der Waals surface area contributed by atoms with Gasteiger partial charge in [0.15, 0.2) is 0 Å². The Kier molecular flexibility index (Phi) is 8.17. The van der Waals surface area contributed by atoms with Gasteiger partial charge in [-0.25, -0.2) is 0 Å². The number of benzene rings is 2. The zero-order valence-electron chi connectivity index (χ0n) is 13.4. The highest BCUT2D eigenvalue weighted by Crippen LogP contribution is 2.27. The Morgan fingerprint density at radius 3 is 2.17 bits per heavy atom. The largest absolute Gasteiger partial charge is 0.351 e. The van der Waals surface area contributed by atoms with Gasteiger partial charge in [-0.3, -0.25) is 4.79 Å². The molecule has 23 heavy (non-hydrogen) atoms. The number of halogens is 1. The molecule has 0 unspecified atom stereocenters. The molecule has 124 valence electrons. The normalized spacial score (nSPS) is 11.7. The molecule has 0 saturated heterocycles. The monoisotopic (exact) mass is 350 g/mol. The van der Waals surface area contributed by atoms with E-state index < -0.39 is 6.04 Å². The van der Waals surface area contributed by atoms with Crippen molar-refractivity contribution in [2.45, 2.75) is 36.2 Å². The predicted octanol–water partition coefficient (Wildman–Crippen LogP) is 3.86. The summed E-state index contributed by atoms with van der Waals surface area (Å²) in [7, 11) is 0. The van der Waals surface area contributed by atoms with Gasteiger partial charge in [0, 0.05) is 16.3 Å². The van der Waals surface area contributed by atoms with E-state index in [2.05, 4.69) is 29.6 Å². The lowest BCUT2D eigenvalue weighted by Crippen LogP contribution is -2.43. The van der Waals surface area contributed by atoms with Crippen LogP contribution in [0.25, 0.3) is 0 Å². The van der Waals surface area contributed by atoms with Gasteiger partial charge in [-0.05, 0) is 35.7 Å². The standard InChI is InChI=1S/C18H22N2OS.ClH/c1-13(2)17(19)18(21)20-12-14-8-10-16(11-9-14)22-15-6-4-3-5-7-15;/h3-11,13,17H,12,19H2,1-2H3,(H,20,21);1H/t17-;/m0./s1. The number of hydrogen-bond acceptors (Lipinski definition) is 3. The van der Waals surface area contributed by atoms with Crippen molar-refractivity contribution in [2.24, 2.45) is 11.7 Å². The average molecular weight is 351 g/mol. The summed E-state index contributed by atoms with van der Waals surface area (Å²) in [5.74, 6) is 0.0439. The molecule has 0 aliphatic heterocycles. The highest BCUT2D eigenvalue weighted by molar-refractivity contribution is 7.99. The average Bonchev–Trinajstić information content (AvgIpc) is 2.54. The number of nitrogens with one attached hydrogen (secondary N) is 1. The first-order chi connectivity index (χ1) is 10.6. The van der Waals surface area contributed by atoms with Crippen molar-refractivity contribution in [3.8, 4) is 0 Å². The van der Waals surface area contributed by atoms with Gasteiger partial charge in [0.05, 0.1) is 6.04 Å². The SMILES string of the molecule is CC(C)[C@H](N)C(=O)NCc1ccc(Sc2ccccc2)cc1.Cl. The Bertz CT molecular complexity index is 602. The van der Waals surface area contributed by atoms with E-state index in [0.717, 1.165) is 5.56 Å². The molecule has 0 spiro atoms. The molecule has 0 heterocycles. The molecule has 0 radical (unpaired) electrons. The molecule has 0 aliphatic rings. The van der Waals surface area contributed by atoms with Crippen molar-refractivity contribution in [2.75, 3.05) is 0 Å². The number of carbonyl (C=O) groups excluding carboxylic acids is 1. The third kappa shape index (κ3) is 6.26. The van der Waals surface area contributed by atoms with E-state index in [9.17, 15) is 4.79 Å². The van der Waals surface area contributed by atoms with Crippen LogP contribution in [0.3, 0.4) is 0 Å². The number of carbonyl (C=O) groups is 1. The van der Waals surface area contributed by atoms with Crippen LogP contribution in [0.2, 0.25) is 0 Å². The van der Waals surface area contributed by atoms with Crippen molar-refractivity contribution in [1.29, 1.82) is 0 Å². The molecule has 2 rings (SSSR count). The Hall–Kier alpha value is -1.49. The molecule has 2 aromatic rings. The Morgan fingerprint density at radius 2 is 1.61 bits per heavy atom. The number of rotatable bonds is 6. The third-order valence-electron chi connectivity index (χ3n) is 3.39. The topological polar surface area (TPSA) is 55.1 Å². The molecule has 3 N–H and O–H groups in total. The van der Waals surface area contributed by atoms with Crippen molar-refractivity contribution in [1.82, 2.24) is 5.32 Å². The summed E-state index contributed by atoms with van der Waals surface area (Å²) in [6, 6.07) is 18.0. The quantitative estimate of drug-likeness (QED) is 0.831. The highest BCUT2D eigenvalue weighted by atomic mass is 35.5. The van der Waals surface area contributed by atoms with Crippen molar-refractivity contribution >= 4 is 30.1 Å². The molecule has 0 saturated carbocycles. The van der Waals surface area contributed by atoms with Gasteiger partial charge in [0.1, 0.15) is 0 Å². The van der Waals surface area contributed by atoms with E-state index in [-0.39, 0.29) is 24.2 Å². The van der Waals surface area contributed by atoms with Crippen LogP contribution in [0.15, 0.2) is 64.4 Å². The molecule has 5 heteroatoms. The maximum Gasteiger partial charge on any atom is 0.237 e. The summed E-state index contributed by atoms with van der Waals surface area (Å²) in [5.41, 5.74) is 6.89. The van der Waals surface area contributed by atoms with E-state index in [1.165, 1.54) is 9.79 Å². The van der Waals surface area contributed by atoms with Crippen LogP contribution in [0, 0.1) is 5.92 Å². The fourth-order valence-electron chi connectivity index (χ4n) is 1.91. The summed E-state index contributed by atoms with van der Waals surface area (Å²) in [6.07, 6.45) is 0. The second-order valence-corrected chi connectivity index (χ2v) is 6.69. The fourth-order valence-corrected chi connectivity index (χ4v) is 2.75. The van der Waals surface area contributed by atoms with Crippen LogP contribution in [0.1, 0.15) is 19.4 Å². The number of amides is 1. The van der Waals surface area contributed by atoms with E-state index >= 15 is 0 Å². The van der Waals surface area contributed by atoms with Crippen LogP contribution in [-0.2, 0) is 11.3 Å². The maximum absolute atomic E-state index is 11.8. The molecule has 2 aromatic carbocycles. The molecule has 0 aromatic heterocycles. The zero-order valence-corrected chi connectivity index (χ0v) is 15.0. The van der Waals surface area contributed by atoms with E-state index in [0.29, 0.717) is 6.54 Å². The smallest absolute Gasteiger partial charge is 0.237 e. The Balaban J connectivity index is 0.00000264. The van der Waals surface area contributed by atoms with Gasteiger partial charge in [-0.15, -0.1) is 12.4 Å². The van der Waals surface area contributed by atoms with Crippen LogP contribution in [0.5, 0.6) is 0 Å². The Labute approximate surface area is 148 Å². The number of hydrogen-bond donors (Lipinski definition) is 2. The first kappa shape index (κ1) is 19.6. The minimum Gasteiger partial charge on any atom is -0.351 e. The van der Waals surface area contributed by atoms with Crippen LogP contribution < -0.4 is 11.1 Å².